The fourth-order valence-corrected chi connectivity index (χ4v) is 4.32. The molecule has 0 N–H and O–H groups in total. The Bertz CT molecular complexity index is 500. The molecule has 2 atom stereocenters. The standard InChI is InChI=1S/C25H42O2/c1-6-25(26-17-16-21-10-8-7-9-11-21)27-23-14-12-22(13-15-23)24(20(4)5)18-19(2)3/h12-15,19-21,24-25H,6-11,16-18H2,1-5H3. The van der Waals surface area contributed by atoms with E-state index >= 15 is 0 Å². The fourth-order valence-electron chi connectivity index (χ4n) is 4.32. The summed E-state index contributed by atoms with van der Waals surface area (Å²) in [6, 6.07) is 8.74. The second kappa shape index (κ2) is 11.7. The SMILES string of the molecule is CCC(OCCC1CCCCC1)Oc1ccc(C(CC(C)C)C(C)C)cc1. The van der Waals surface area contributed by atoms with E-state index in [1.54, 1.807) is 0 Å². The molecule has 154 valence electrons. The van der Waals surface area contributed by atoms with Crippen molar-refractivity contribution in [3.8, 4) is 5.75 Å². The summed E-state index contributed by atoms with van der Waals surface area (Å²) in [5.41, 5.74) is 1.43. The first-order chi connectivity index (χ1) is 13.0. The van der Waals surface area contributed by atoms with Gasteiger partial charge in [0.15, 0.2) is 6.29 Å². The van der Waals surface area contributed by atoms with Crippen molar-refractivity contribution in [1.82, 2.24) is 0 Å². The Morgan fingerprint density at radius 3 is 2.19 bits per heavy atom. The molecule has 0 amide bonds. The monoisotopic (exact) mass is 374 g/mol. The van der Waals surface area contributed by atoms with Crippen molar-refractivity contribution in [2.45, 2.75) is 98.2 Å². The van der Waals surface area contributed by atoms with Gasteiger partial charge in [0.05, 0.1) is 6.61 Å². The maximum Gasteiger partial charge on any atom is 0.199 e. The number of rotatable bonds is 11. The van der Waals surface area contributed by atoms with Crippen LogP contribution in [0.5, 0.6) is 5.75 Å². The maximum absolute atomic E-state index is 6.11. The molecule has 27 heavy (non-hydrogen) atoms. The molecular formula is C25H42O2. The van der Waals surface area contributed by atoms with Gasteiger partial charge in [-0.1, -0.05) is 78.9 Å². The average Bonchev–Trinajstić information content (AvgIpc) is 2.66. The van der Waals surface area contributed by atoms with Crippen LogP contribution < -0.4 is 4.74 Å². The smallest absolute Gasteiger partial charge is 0.199 e. The van der Waals surface area contributed by atoms with Crippen molar-refractivity contribution < 1.29 is 9.47 Å². The molecule has 2 nitrogen and oxygen atoms in total. The zero-order valence-electron chi connectivity index (χ0n) is 18.4. The zero-order chi connectivity index (χ0) is 19.6. The summed E-state index contributed by atoms with van der Waals surface area (Å²) in [7, 11) is 0. The van der Waals surface area contributed by atoms with Crippen molar-refractivity contribution in [3.63, 3.8) is 0 Å². The molecule has 0 spiro atoms. The highest BCUT2D eigenvalue weighted by atomic mass is 16.7. The molecule has 0 aliphatic heterocycles. The van der Waals surface area contributed by atoms with Crippen LogP contribution in [0.3, 0.4) is 0 Å². The molecule has 1 fully saturated rings. The predicted molar refractivity (Wildman–Crippen MR) is 115 cm³/mol. The van der Waals surface area contributed by atoms with Gasteiger partial charge in [-0.25, -0.2) is 0 Å². The highest BCUT2D eigenvalue weighted by molar-refractivity contribution is 5.30. The van der Waals surface area contributed by atoms with Crippen LogP contribution in [0.2, 0.25) is 0 Å². The molecule has 2 heteroatoms. The average molecular weight is 375 g/mol. The van der Waals surface area contributed by atoms with Crippen LogP contribution >= 0.6 is 0 Å². The van der Waals surface area contributed by atoms with Gasteiger partial charge < -0.3 is 9.47 Å². The topological polar surface area (TPSA) is 18.5 Å². The van der Waals surface area contributed by atoms with Crippen LogP contribution in [0.15, 0.2) is 24.3 Å². The molecule has 1 aromatic carbocycles. The molecule has 2 unspecified atom stereocenters. The normalized spacial score (nSPS) is 18.0. The Balaban J connectivity index is 1.83. The number of benzene rings is 1. The minimum atomic E-state index is -0.129. The Hall–Kier alpha value is -1.02. The van der Waals surface area contributed by atoms with E-state index in [2.05, 4.69) is 58.9 Å². The van der Waals surface area contributed by atoms with Crippen molar-refractivity contribution in [2.24, 2.45) is 17.8 Å². The van der Waals surface area contributed by atoms with Crippen LogP contribution in [-0.2, 0) is 4.74 Å². The number of ether oxygens (including phenoxy) is 2. The van der Waals surface area contributed by atoms with E-state index in [9.17, 15) is 0 Å². The van der Waals surface area contributed by atoms with Gasteiger partial charge in [0.25, 0.3) is 0 Å². The zero-order valence-corrected chi connectivity index (χ0v) is 18.4. The lowest BCUT2D eigenvalue weighted by Crippen LogP contribution is -2.21. The van der Waals surface area contributed by atoms with Gasteiger partial charge in [-0.15, -0.1) is 0 Å². The summed E-state index contributed by atoms with van der Waals surface area (Å²) in [4.78, 5) is 0. The van der Waals surface area contributed by atoms with Gasteiger partial charge in [-0.3, -0.25) is 0 Å². The molecule has 0 radical (unpaired) electrons. The lowest BCUT2D eigenvalue weighted by molar-refractivity contribution is -0.0856. The molecule has 1 aromatic rings. The molecule has 1 saturated carbocycles. The first kappa shape index (κ1) is 22.3. The summed E-state index contributed by atoms with van der Waals surface area (Å²) in [5.74, 6) is 3.79. The summed E-state index contributed by atoms with van der Waals surface area (Å²) < 4.78 is 12.2. The second-order valence-corrected chi connectivity index (χ2v) is 9.17. The lowest BCUT2D eigenvalue weighted by atomic mass is 9.82. The largest absolute Gasteiger partial charge is 0.465 e. The first-order valence-corrected chi connectivity index (χ1v) is 11.4. The predicted octanol–water partition coefficient (Wildman–Crippen LogP) is 7.57. The van der Waals surface area contributed by atoms with E-state index in [1.807, 2.05) is 0 Å². The Kier molecular flexibility index (Phi) is 9.68. The molecule has 1 aliphatic rings. The number of hydrogen-bond acceptors (Lipinski definition) is 2. The molecule has 0 aromatic heterocycles. The van der Waals surface area contributed by atoms with E-state index in [4.69, 9.17) is 9.47 Å². The van der Waals surface area contributed by atoms with Crippen LogP contribution in [0, 0.1) is 17.8 Å². The van der Waals surface area contributed by atoms with E-state index in [1.165, 1.54) is 50.5 Å². The third-order valence-corrected chi connectivity index (χ3v) is 5.99. The van der Waals surface area contributed by atoms with Gasteiger partial charge in [0, 0.05) is 6.42 Å². The van der Waals surface area contributed by atoms with E-state index < -0.39 is 0 Å². The van der Waals surface area contributed by atoms with Gasteiger partial charge in [-0.2, -0.15) is 0 Å². The Morgan fingerprint density at radius 1 is 0.963 bits per heavy atom. The lowest BCUT2D eigenvalue weighted by Gasteiger charge is -2.25. The molecule has 0 saturated heterocycles. The molecule has 0 heterocycles. The summed E-state index contributed by atoms with van der Waals surface area (Å²) in [5, 5.41) is 0. The van der Waals surface area contributed by atoms with Crippen molar-refractivity contribution in [2.75, 3.05) is 6.61 Å². The Labute approximate surface area is 168 Å². The molecular weight excluding hydrogens is 332 g/mol. The minimum absolute atomic E-state index is 0.129. The van der Waals surface area contributed by atoms with Gasteiger partial charge >= 0.3 is 0 Å². The van der Waals surface area contributed by atoms with E-state index in [-0.39, 0.29) is 6.29 Å². The third-order valence-electron chi connectivity index (χ3n) is 5.99. The van der Waals surface area contributed by atoms with Crippen LogP contribution in [-0.4, -0.2) is 12.9 Å². The molecule has 1 aliphatic carbocycles. The van der Waals surface area contributed by atoms with Crippen LogP contribution in [0.4, 0.5) is 0 Å². The van der Waals surface area contributed by atoms with Crippen molar-refractivity contribution in [3.05, 3.63) is 29.8 Å². The summed E-state index contributed by atoms with van der Waals surface area (Å²) in [6.45, 7) is 12.2. The maximum atomic E-state index is 6.11. The molecule has 2 rings (SSSR count). The van der Waals surface area contributed by atoms with Gasteiger partial charge in [-0.05, 0) is 54.2 Å². The third kappa shape index (κ3) is 7.86. The summed E-state index contributed by atoms with van der Waals surface area (Å²) >= 11 is 0. The fraction of sp³-hybridized carbons (Fsp3) is 0.760. The molecule has 0 bridgehead atoms. The minimum Gasteiger partial charge on any atom is -0.465 e. The Morgan fingerprint density at radius 2 is 1.63 bits per heavy atom. The first-order valence-electron chi connectivity index (χ1n) is 11.4. The highest BCUT2D eigenvalue weighted by Crippen LogP contribution is 2.32. The highest BCUT2D eigenvalue weighted by Gasteiger charge is 2.18. The number of hydrogen-bond donors (Lipinski definition) is 0. The van der Waals surface area contributed by atoms with Gasteiger partial charge in [0.1, 0.15) is 5.75 Å². The van der Waals surface area contributed by atoms with Crippen molar-refractivity contribution >= 4 is 0 Å². The van der Waals surface area contributed by atoms with Gasteiger partial charge in [0.2, 0.25) is 0 Å². The summed E-state index contributed by atoms with van der Waals surface area (Å²) in [6.07, 6.45) is 10.2. The van der Waals surface area contributed by atoms with Crippen molar-refractivity contribution in [1.29, 1.82) is 0 Å². The van der Waals surface area contributed by atoms with E-state index in [0.29, 0.717) is 11.8 Å². The second-order valence-electron chi connectivity index (χ2n) is 9.17. The van der Waals surface area contributed by atoms with Crippen LogP contribution in [0.25, 0.3) is 0 Å². The quantitative estimate of drug-likeness (QED) is 0.372. The van der Waals surface area contributed by atoms with Crippen LogP contribution in [0.1, 0.15) is 97.5 Å². The van der Waals surface area contributed by atoms with E-state index in [0.717, 1.165) is 30.6 Å².